The lowest BCUT2D eigenvalue weighted by Crippen LogP contribution is -2.36. The molecule has 29 heavy (non-hydrogen) atoms. The Morgan fingerprint density at radius 2 is 1.90 bits per heavy atom. The van der Waals surface area contributed by atoms with Gasteiger partial charge < -0.3 is 14.8 Å². The van der Waals surface area contributed by atoms with Gasteiger partial charge >= 0.3 is 6.03 Å². The van der Waals surface area contributed by atoms with E-state index in [2.05, 4.69) is 12.2 Å². The van der Waals surface area contributed by atoms with Crippen LogP contribution in [0.25, 0.3) is 0 Å². The Morgan fingerprint density at radius 1 is 1.07 bits per heavy atom. The van der Waals surface area contributed by atoms with E-state index in [-0.39, 0.29) is 17.5 Å². The van der Waals surface area contributed by atoms with Gasteiger partial charge in [0, 0.05) is 25.0 Å². The zero-order chi connectivity index (χ0) is 20.6. The van der Waals surface area contributed by atoms with Crippen LogP contribution in [0.3, 0.4) is 0 Å². The molecule has 6 heteroatoms. The van der Waals surface area contributed by atoms with Crippen LogP contribution in [0.4, 0.5) is 19.3 Å². The second kappa shape index (κ2) is 9.87. The summed E-state index contributed by atoms with van der Waals surface area (Å²) in [7, 11) is 0. The van der Waals surface area contributed by atoms with Crippen LogP contribution in [0.2, 0.25) is 0 Å². The molecule has 0 atom stereocenters. The highest BCUT2D eigenvalue weighted by molar-refractivity contribution is 5.89. The summed E-state index contributed by atoms with van der Waals surface area (Å²) in [6.45, 7) is 3.50. The van der Waals surface area contributed by atoms with Gasteiger partial charge in [0.05, 0.1) is 12.2 Å². The number of hydrogen-bond acceptors (Lipinski definition) is 1. The molecule has 0 bridgehead atoms. The maximum Gasteiger partial charge on any atom is 0.322 e. The number of para-hydroxylation sites is 1. The fourth-order valence-electron chi connectivity index (χ4n) is 3.13. The molecule has 0 fully saturated rings. The molecule has 1 aromatic heterocycles. The van der Waals surface area contributed by atoms with Crippen molar-refractivity contribution in [1.82, 2.24) is 9.47 Å². The molecule has 3 rings (SSSR count). The molecule has 152 valence electrons. The number of hydrogen-bond donors (Lipinski definition) is 1. The summed E-state index contributed by atoms with van der Waals surface area (Å²) in [4.78, 5) is 14.5. The maximum atomic E-state index is 13.9. The van der Waals surface area contributed by atoms with E-state index in [1.165, 1.54) is 24.3 Å². The van der Waals surface area contributed by atoms with Crippen molar-refractivity contribution in [2.75, 3.05) is 11.9 Å². The normalized spacial score (nSPS) is 10.7. The number of halogens is 2. The quantitative estimate of drug-likeness (QED) is 0.524. The summed E-state index contributed by atoms with van der Waals surface area (Å²) >= 11 is 0. The molecule has 0 aliphatic carbocycles. The van der Waals surface area contributed by atoms with Gasteiger partial charge in [0.1, 0.15) is 11.6 Å². The highest BCUT2D eigenvalue weighted by Crippen LogP contribution is 2.16. The monoisotopic (exact) mass is 397 g/mol. The van der Waals surface area contributed by atoms with Gasteiger partial charge in [0.2, 0.25) is 0 Å². The SMILES string of the molecule is CCCCN(Cc1cccn1Cc1cccc(F)c1)C(=O)Nc1ccccc1F. The number of urea groups is 1. The molecule has 0 saturated carbocycles. The Morgan fingerprint density at radius 3 is 2.66 bits per heavy atom. The number of anilines is 1. The standard InChI is InChI=1S/C23H25F2N3O/c1-2-3-13-28(23(29)26-22-12-5-4-11-21(22)25)17-20-10-7-14-27(20)16-18-8-6-9-19(24)15-18/h4-12,14-15H,2-3,13,16-17H2,1H3,(H,26,29). The third kappa shape index (κ3) is 5.67. The van der Waals surface area contributed by atoms with E-state index in [1.54, 1.807) is 23.1 Å². The zero-order valence-corrected chi connectivity index (χ0v) is 16.4. The fourth-order valence-corrected chi connectivity index (χ4v) is 3.13. The largest absolute Gasteiger partial charge is 0.345 e. The molecular formula is C23H25F2N3O. The summed E-state index contributed by atoms with van der Waals surface area (Å²) in [6, 6.07) is 16.1. The number of nitrogens with one attached hydrogen (secondary N) is 1. The van der Waals surface area contributed by atoms with Gasteiger partial charge in [0.15, 0.2) is 0 Å². The molecule has 1 N–H and O–H groups in total. The van der Waals surface area contributed by atoms with E-state index >= 15 is 0 Å². The van der Waals surface area contributed by atoms with E-state index in [9.17, 15) is 13.6 Å². The minimum absolute atomic E-state index is 0.161. The third-order valence-corrected chi connectivity index (χ3v) is 4.70. The van der Waals surface area contributed by atoms with Crippen molar-refractivity contribution in [1.29, 1.82) is 0 Å². The van der Waals surface area contributed by atoms with Crippen molar-refractivity contribution in [3.05, 3.63) is 89.8 Å². The first-order valence-corrected chi connectivity index (χ1v) is 9.75. The first-order valence-electron chi connectivity index (χ1n) is 9.75. The first-order chi connectivity index (χ1) is 14.1. The van der Waals surface area contributed by atoms with Gasteiger partial charge in [-0.2, -0.15) is 0 Å². The number of carbonyl (C=O) groups excluding carboxylic acids is 1. The predicted octanol–water partition coefficient (Wildman–Crippen LogP) is 5.65. The highest BCUT2D eigenvalue weighted by atomic mass is 19.1. The van der Waals surface area contributed by atoms with Crippen molar-refractivity contribution >= 4 is 11.7 Å². The number of amides is 2. The Kier molecular flexibility index (Phi) is 7.00. The summed E-state index contributed by atoms with van der Waals surface area (Å²) in [5.41, 5.74) is 1.93. The van der Waals surface area contributed by atoms with Gasteiger partial charge in [-0.05, 0) is 48.4 Å². The van der Waals surface area contributed by atoms with Crippen molar-refractivity contribution in [2.24, 2.45) is 0 Å². The molecular weight excluding hydrogens is 372 g/mol. The Bertz CT molecular complexity index is 955. The van der Waals surface area contributed by atoms with Crippen LogP contribution in [0, 0.1) is 11.6 Å². The number of rotatable bonds is 8. The Balaban J connectivity index is 1.74. The lowest BCUT2D eigenvalue weighted by molar-refractivity contribution is 0.206. The van der Waals surface area contributed by atoms with Crippen LogP contribution in [-0.2, 0) is 13.1 Å². The van der Waals surface area contributed by atoms with Crippen molar-refractivity contribution < 1.29 is 13.6 Å². The molecule has 0 spiro atoms. The van der Waals surface area contributed by atoms with Gasteiger partial charge in [-0.3, -0.25) is 0 Å². The topological polar surface area (TPSA) is 37.3 Å². The van der Waals surface area contributed by atoms with E-state index < -0.39 is 5.82 Å². The molecule has 3 aromatic rings. The maximum absolute atomic E-state index is 13.9. The van der Waals surface area contributed by atoms with Gasteiger partial charge in [-0.15, -0.1) is 0 Å². The second-order valence-electron chi connectivity index (χ2n) is 6.94. The van der Waals surface area contributed by atoms with Crippen molar-refractivity contribution in [2.45, 2.75) is 32.9 Å². The molecule has 0 aliphatic heterocycles. The van der Waals surface area contributed by atoms with Crippen molar-refractivity contribution in [3.63, 3.8) is 0 Å². The smallest absolute Gasteiger partial charge is 0.322 e. The lowest BCUT2D eigenvalue weighted by Gasteiger charge is -2.24. The minimum atomic E-state index is -0.467. The van der Waals surface area contributed by atoms with Crippen LogP contribution in [0.15, 0.2) is 66.9 Å². The molecule has 0 aliphatic rings. The van der Waals surface area contributed by atoms with Crippen LogP contribution >= 0.6 is 0 Å². The minimum Gasteiger partial charge on any atom is -0.345 e. The highest BCUT2D eigenvalue weighted by Gasteiger charge is 2.17. The van der Waals surface area contributed by atoms with E-state index in [0.717, 1.165) is 24.1 Å². The Labute approximate surface area is 169 Å². The molecule has 0 unspecified atom stereocenters. The molecule has 2 aromatic carbocycles. The number of carbonyl (C=O) groups is 1. The Hall–Kier alpha value is -3.15. The van der Waals surface area contributed by atoms with E-state index in [4.69, 9.17) is 0 Å². The first kappa shape index (κ1) is 20.6. The fraction of sp³-hybridized carbons (Fsp3) is 0.261. The van der Waals surface area contributed by atoms with Crippen LogP contribution in [0.5, 0.6) is 0 Å². The number of unbranched alkanes of at least 4 members (excludes halogenated alkanes) is 1. The summed E-state index contributed by atoms with van der Waals surface area (Å²) in [5, 5.41) is 2.66. The number of aromatic nitrogens is 1. The zero-order valence-electron chi connectivity index (χ0n) is 16.4. The average molecular weight is 397 g/mol. The lowest BCUT2D eigenvalue weighted by atomic mass is 10.2. The van der Waals surface area contributed by atoms with E-state index in [1.807, 2.05) is 29.0 Å². The second-order valence-corrected chi connectivity index (χ2v) is 6.94. The number of nitrogens with zero attached hydrogens (tertiary/aromatic N) is 2. The molecule has 0 radical (unpaired) electrons. The molecule has 4 nitrogen and oxygen atoms in total. The third-order valence-electron chi connectivity index (χ3n) is 4.70. The van der Waals surface area contributed by atoms with Gasteiger partial charge in [-0.25, -0.2) is 13.6 Å². The summed E-state index contributed by atoms with van der Waals surface area (Å²) < 4.78 is 29.4. The van der Waals surface area contributed by atoms with Crippen LogP contribution in [0.1, 0.15) is 31.0 Å². The van der Waals surface area contributed by atoms with Crippen LogP contribution < -0.4 is 5.32 Å². The van der Waals surface area contributed by atoms with Crippen molar-refractivity contribution in [3.8, 4) is 0 Å². The molecule has 0 saturated heterocycles. The van der Waals surface area contributed by atoms with Gasteiger partial charge in [-0.1, -0.05) is 37.6 Å². The number of benzene rings is 2. The summed E-state index contributed by atoms with van der Waals surface area (Å²) in [6.07, 6.45) is 3.69. The molecule has 1 heterocycles. The van der Waals surface area contributed by atoms with Gasteiger partial charge in [0.25, 0.3) is 0 Å². The van der Waals surface area contributed by atoms with Crippen LogP contribution in [-0.4, -0.2) is 22.0 Å². The summed E-state index contributed by atoms with van der Waals surface area (Å²) in [5.74, 6) is -0.740. The van der Waals surface area contributed by atoms with E-state index in [0.29, 0.717) is 19.6 Å². The average Bonchev–Trinajstić information content (AvgIpc) is 3.13. The molecule has 2 amide bonds. The predicted molar refractivity (Wildman–Crippen MR) is 111 cm³/mol.